The van der Waals surface area contributed by atoms with E-state index in [0.717, 1.165) is 12.8 Å². The minimum atomic E-state index is -0.0666. The number of aryl methyl sites for hydroxylation is 1. The van der Waals surface area contributed by atoms with Gasteiger partial charge in [-0.2, -0.15) is 0 Å². The molecule has 1 aromatic rings. The fraction of sp³-hybridized carbons (Fsp3) is 0.647. The van der Waals surface area contributed by atoms with Crippen LogP contribution in [0.5, 0.6) is 0 Å². The summed E-state index contributed by atoms with van der Waals surface area (Å²) in [6.45, 7) is 2.05. The summed E-state index contributed by atoms with van der Waals surface area (Å²) in [7, 11) is 0. The third-order valence-corrected chi connectivity index (χ3v) is 3.57. The summed E-state index contributed by atoms with van der Waals surface area (Å²) in [4.78, 5) is 0. The monoisotopic (exact) mass is 248 g/mol. The average molecular weight is 248 g/mol. The van der Waals surface area contributed by atoms with Crippen LogP contribution < -0.4 is 0 Å². The van der Waals surface area contributed by atoms with E-state index in [0.29, 0.717) is 0 Å². The van der Waals surface area contributed by atoms with Crippen molar-refractivity contribution >= 4 is 0 Å². The van der Waals surface area contributed by atoms with Crippen LogP contribution in [0.3, 0.4) is 0 Å². The van der Waals surface area contributed by atoms with Gasteiger partial charge in [0.2, 0.25) is 0 Å². The molecular weight excluding hydrogens is 220 g/mol. The van der Waals surface area contributed by atoms with Crippen molar-refractivity contribution in [1.29, 1.82) is 0 Å². The van der Waals surface area contributed by atoms with E-state index in [-0.39, 0.29) is 6.10 Å². The van der Waals surface area contributed by atoms with Crippen LogP contribution in [0, 0.1) is 0 Å². The molecule has 1 unspecified atom stereocenters. The Bertz CT molecular complexity index is 281. The summed E-state index contributed by atoms with van der Waals surface area (Å²) in [5.41, 5.74) is 1.46. The highest BCUT2D eigenvalue weighted by Crippen LogP contribution is 2.12. The lowest BCUT2D eigenvalue weighted by Gasteiger charge is -2.06. The van der Waals surface area contributed by atoms with Gasteiger partial charge in [-0.05, 0) is 31.2 Å². The molecule has 0 saturated heterocycles. The molecule has 1 atom stereocenters. The highest BCUT2D eigenvalue weighted by molar-refractivity contribution is 5.14. The Kier molecular flexibility index (Phi) is 8.58. The third-order valence-electron chi connectivity index (χ3n) is 3.57. The fourth-order valence-electron chi connectivity index (χ4n) is 2.26. The molecule has 0 saturated carbocycles. The number of benzene rings is 1. The second-order valence-electron chi connectivity index (χ2n) is 5.21. The molecule has 0 aliphatic rings. The first-order valence-electron chi connectivity index (χ1n) is 7.55. The first-order chi connectivity index (χ1) is 8.83. The van der Waals surface area contributed by atoms with Crippen molar-refractivity contribution in [1.82, 2.24) is 0 Å². The van der Waals surface area contributed by atoms with Crippen LogP contribution in [-0.2, 0) is 6.42 Å². The lowest BCUT2D eigenvalue weighted by Crippen LogP contribution is -2.03. The minimum Gasteiger partial charge on any atom is -0.393 e. The van der Waals surface area contributed by atoms with Crippen molar-refractivity contribution in [2.45, 2.75) is 70.8 Å². The minimum absolute atomic E-state index is 0.0666. The maximum atomic E-state index is 9.42. The van der Waals surface area contributed by atoms with E-state index < -0.39 is 0 Å². The van der Waals surface area contributed by atoms with Crippen molar-refractivity contribution in [3.63, 3.8) is 0 Å². The molecular formula is C17H28O. The van der Waals surface area contributed by atoms with Crippen LogP contribution in [0.15, 0.2) is 30.3 Å². The molecule has 0 aliphatic carbocycles. The second-order valence-corrected chi connectivity index (χ2v) is 5.21. The zero-order valence-corrected chi connectivity index (χ0v) is 11.8. The van der Waals surface area contributed by atoms with Crippen LogP contribution in [0.1, 0.15) is 63.9 Å². The molecule has 0 spiro atoms. The van der Waals surface area contributed by atoms with Gasteiger partial charge in [-0.3, -0.25) is 0 Å². The molecule has 1 aromatic carbocycles. The normalized spacial score (nSPS) is 12.6. The van der Waals surface area contributed by atoms with Gasteiger partial charge in [0.05, 0.1) is 6.10 Å². The van der Waals surface area contributed by atoms with Gasteiger partial charge in [0, 0.05) is 0 Å². The standard InChI is InChI=1S/C17H28O/c1-2-17(18)15-11-6-4-3-5-8-12-16-13-9-7-10-14-16/h7,9-10,13-14,17-18H,2-6,8,11-12,15H2,1H3. The topological polar surface area (TPSA) is 20.2 Å². The molecule has 1 nitrogen and oxygen atoms in total. The molecule has 1 rings (SSSR count). The zero-order valence-electron chi connectivity index (χ0n) is 11.8. The molecule has 0 heterocycles. The molecule has 1 heteroatoms. The van der Waals surface area contributed by atoms with Gasteiger partial charge in [0.25, 0.3) is 0 Å². The number of aliphatic hydroxyl groups excluding tert-OH is 1. The summed E-state index contributed by atoms with van der Waals surface area (Å²) >= 11 is 0. The smallest absolute Gasteiger partial charge is 0.0537 e. The summed E-state index contributed by atoms with van der Waals surface area (Å²) in [6.07, 6.45) is 10.8. The van der Waals surface area contributed by atoms with Crippen molar-refractivity contribution in [3.8, 4) is 0 Å². The van der Waals surface area contributed by atoms with Gasteiger partial charge in [-0.25, -0.2) is 0 Å². The molecule has 0 aromatic heterocycles. The van der Waals surface area contributed by atoms with Gasteiger partial charge in [0.15, 0.2) is 0 Å². The SMILES string of the molecule is CCC(O)CCCCCCCCc1ccccc1. The highest BCUT2D eigenvalue weighted by atomic mass is 16.3. The zero-order chi connectivity index (χ0) is 13.1. The van der Waals surface area contributed by atoms with E-state index in [9.17, 15) is 5.11 Å². The first kappa shape index (κ1) is 15.2. The summed E-state index contributed by atoms with van der Waals surface area (Å²) < 4.78 is 0. The van der Waals surface area contributed by atoms with Crippen LogP contribution >= 0.6 is 0 Å². The second kappa shape index (κ2) is 10.1. The van der Waals surface area contributed by atoms with Crippen LogP contribution in [0.4, 0.5) is 0 Å². The lowest BCUT2D eigenvalue weighted by molar-refractivity contribution is 0.156. The number of rotatable bonds is 10. The van der Waals surface area contributed by atoms with E-state index in [1.165, 1.54) is 50.5 Å². The van der Waals surface area contributed by atoms with Gasteiger partial charge in [0.1, 0.15) is 0 Å². The van der Waals surface area contributed by atoms with Crippen molar-refractivity contribution in [3.05, 3.63) is 35.9 Å². The molecule has 102 valence electrons. The fourth-order valence-corrected chi connectivity index (χ4v) is 2.26. The predicted molar refractivity (Wildman–Crippen MR) is 78.8 cm³/mol. The number of unbranched alkanes of at least 4 members (excludes halogenated alkanes) is 5. The Balaban J connectivity index is 1.87. The molecule has 0 aliphatic heterocycles. The van der Waals surface area contributed by atoms with Gasteiger partial charge in [-0.15, -0.1) is 0 Å². The summed E-state index contributed by atoms with van der Waals surface area (Å²) in [5, 5.41) is 9.42. The Hall–Kier alpha value is -0.820. The molecule has 0 amide bonds. The van der Waals surface area contributed by atoms with Crippen molar-refractivity contribution < 1.29 is 5.11 Å². The Morgan fingerprint density at radius 2 is 1.50 bits per heavy atom. The van der Waals surface area contributed by atoms with Gasteiger partial charge < -0.3 is 5.11 Å². The maximum Gasteiger partial charge on any atom is 0.0537 e. The Labute approximate surface area is 112 Å². The third kappa shape index (κ3) is 7.50. The van der Waals surface area contributed by atoms with Crippen molar-refractivity contribution in [2.24, 2.45) is 0 Å². The van der Waals surface area contributed by atoms with Crippen molar-refractivity contribution in [2.75, 3.05) is 0 Å². The van der Waals surface area contributed by atoms with E-state index in [1.54, 1.807) is 0 Å². The molecule has 0 radical (unpaired) electrons. The van der Waals surface area contributed by atoms with E-state index in [2.05, 4.69) is 30.3 Å². The molecule has 0 fully saturated rings. The van der Waals surface area contributed by atoms with Gasteiger partial charge >= 0.3 is 0 Å². The van der Waals surface area contributed by atoms with Crippen LogP contribution in [0.2, 0.25) is 0 Å². The Morgan fingerprint density at radius 3 is 2.17 bits per heavy atom. The molecule has 18 heavy (non-hydrogen) atoms. The lowest BCUT2D eigenvalue weighted by atomic mass is 10.0. The van der Waals surface area contributed by atoms with E-state index in [1.807, 2.05) is 6.92 Å². The summed E-state index contributed by atoms with van der Waals surface area (Å²) in [6, 6.07) is 10.7. The number of hydrogen-bond acceptors (Lipinski definition) is 1. The van der Waals surface area contributed by atoms with E-state index in [4.69, 9.17) is 0 Å². The van der Waals surface area contributed by atoms with E-state index >= 15 is 0 Å². The quantitative estimate of drug-likeness (QED) is 0.593. The highest BCUT2D eigenvalue weighted by Gasteiger charge is 1.99. The molecule has 1 N–H and O–H groups in total. The van der Waals surface area contributed by atoms with Crippen LogP contribution in [-0.4, -0.2) is 11.2 Å². The Morgan fingerprint density at radius 1 is 0.889 bits per heavy atom. The first-order valence-corrected chi connectivity index (χ1v) is 7.55. The predicted octanol–water partition coefficient (Wildman–Crippen LogP) is 4.73. The number of hydrogen-bond donors (Lipinski definition) is 1. The maximum absolute atomic E-state index is 9.42. The number of aliphatic hydroxyl groups is 1. The largest absolute Gasteiger partial charge is 0.393 e. The van der Waals surface area contributed by atoms with Gasteiger partial charge in [-0.1, -0.05) is 69.4 Å². The molecule has 0 bridgehead atoms. The average Bonchev–Trinajstić information content (AvgIpc) is 2.42. The summed E-state index contributed by atoms with van der Waals surface area (Å²) in [5.74, 6) is 0. The van der Waals surface area contributed by atoms with Crippen LogP contribution in [0.25, 0.3) is 0 Å².